The molecule has 0 radical (unpaired) electrons. The average Bonchev–Trinajstić information content (AvgIpc) is 2.55. The summed E-state index contributed by atoms with van der Waals surface area (Å²) in [6.45, 7) is 1.89. The Morgan fingerprint density at radius 1 is 1.06 bits per heavy atom. The molecule has 0 saturated heterocycles. The van der Waals surface area contributed by atoms with Crippen LogP contribution in [0.4, 0.5) is 0 Å². The summed E-state index contributed by atoms with van der Waals surface area (Å²) in [5, 5.41) is 2.03. The minimum atomic E-state index is -0.209. The van der Waals surface area contributed by atoms with Gasteiger partial charge in [-0.2, -0.15) is 0 Å². The maximum absolute atomic E-state index is 12.0. The lowest BCUT2D eigenvalue weighted by atomic mass is 9.96. The van der Waals surface area contributed by atoms with Crippen LogP contribution in [0.3, 0.4) is 0 Å². The van der Waals surface area contributed by atoms with Crippen LogP contribution in [0.1, 0.15) is 26.3 Å². The second-order valence-electron chi connectivity index (χ2n) is 4.31. The number of rotatable bonds is 0. The number of nitrogens with zero attached hydrogens (tertiary/aromatic N) is 1. The first-order chi connectivity index (χ1) is 8.11. The highest BCUT2D eigenvalue weighted by atomic mass is 16.2. The monoisotopic (exact) mass is 225 g/mol. The Morgan fingerprint density at radius 3 is 2.53 bits per heavy atom. The van der Waals surface area contributed by atoms with Gasteiger partial charge in [0.15, 0.2) is 0 Å². The highest BCUT2D eigenvalue weighted by Gasteiger charge is 2.34. The normalized spacial score (nSPS) is 14.6. The Labute approximate surface area is 98.6 Å². The lowest BCUT2D eigenvalue weighted by molar-refractivity contribution is 0.0693. The van der Waals surface area contributed by atoms with Gasteiger partial charge < -0.3 is 0 Å². The van der Waals surface area contributed by atoms with Crippen molar-refractivity contribution >= 4 is 22.6 Å². The van der Waals surface area contributed by atoms with Gasteiger partial charge in [-0.1, -0.05) is 24.3 Å². The standard InChI is InChI=1S/C14H11NO2/c1-8-10-6-4-3-5-9(10)7-11-12(8)14(17)15(2)13(11)16/h3-7H,1-2H3. The molecule has 0 aliphatic carbocycles. The van der Waals surface area contributed by atoms with Gasteiger partial charge in [0, 0.05) is 7.05 Å². The zero-order valence-electron chi connectivity index (χ0n) is 9.65. The molecule has 3 nitrogen and oxygen atoms in total. The van der Waals surface area contributed by atoms with Crippen molar-refractivity contribution in [1.82, 2.24) is 4.90 Å². The van der Waals surface area contributed by atoms with E-state index in [1.54, 1.807) is 6.07 Å². The van der Waals surface area contributed by atoms with Crippen LogP contribution in [-0.2, 0) is 0 Å². The summed E-state index contributed by atoms with van der Waals surface area (Å²) in [7, 11) is 1.52. The Morgan fingerprint density at radius 2 is 1.76 bits per heavy atom. The number of benzene rings is 2. The van der Waals surface area contributed by atoms with Gasteiger partial charge in [-0.3, -0.25) is 14.5 Å². The maximum Gasteiger partial charge on any atom is 0.261 e. The van der Waals surface area contributed by atoms with Crippen molar-refractivity contribution in [1.29, 1.82) is 0 Å². The van der Waals surface area contributed by atoms with E-state index in [0.29, 0.717) is 11.1 Å². The van der Waals surface area contributed by atoms with Gasteiger partial charge in [-0.05, 0) is 29.3 Å². The lowest BCUT2D eigenvalue weighted by Gasteiger charge is -2.06. The van der Waals surface area contributed by atoms with Gasteiger partial charge >= 0.3 is 0 Å². The zero-order chi connectivity index (χ0) is 12.2. The molecule has 1 aliphatic rings. The van der Waals surface area contributed by atoms with Gasteiger partial charge in [0.2, 0.25) is 0 Å². The van der Waals surface area contributed by atoms with Crippen molar-refractivity contribution in [2.24, 2.45) is 0 Å². The van der Waals surface area contributed by atoms with Crippen LogP contribution in [0, 0.1) is 6.92 Å². The number of aryl methyl sites for hydroxylation is 1. The third kappa shape index (κ3) is 1.16. The van der Waals surface area contributed by atoms with Crippen LogP contribution in [0.25, 0.3) is 10.8 Å². The molecule has 0 saturated carbocycles. The summed E-state index contributed by atoms with van der Waals surface area (Å²) in [6, 6.07) is 9.60. The molecule has 1 aliphatic heterocycles. The summed E-state index contributed by atoms with van der Waals surface area (Å²) in [6.07, 6.45) is 0. The molecule has 3 rings (SSSR count). The molecule has 2 amide bonds. The van der Waals surface area contributed by atoms with E-state index in [1.807, 2.05) is 31.2 Å². The van der Waals surface area contributed by atoms with Gasteiger partial charge in [0.1, 0.15) is 0 Å². The van der Waals surface area contributed by atoms with Crippen molar-refractivity contribution in [2.75, 3.05) is 7.05 Å². The molecule has 3 heteroatoms. The molecule has 0 bridgehead atoms. The van der Waals surface area contributed by atoms with Crippen LogP contribution in [-0.4, -0.2) is 23.8 Å². The predicted molar refractivity (Wildman–Crippen MR) is 65.1 cm³/mol. The number of imide groups is 1. The van der Waals surface area contributed by atoms with Crippen molar-refractivity contribution in [3.05, 3.63) is 47.0 Å². The van der Waals surface area contributed by atoms with Gasteiger partial charge in [-0.15, -0.1) is 0 Å². The highest BCUT2D eigenvalue weighted by Crippen LogP contribution is 2.31. The molecule has 0 fully saturated rings. The van der Waals surface area contributed by atoms with Crippen molar-refractivity contribution in [3.8, 4) is 0 Å². The van der Waals surface area contributed by atoms with Crippen LogP contribution < -0.4 is 0 Å². The van der Waals surface area contributed by atoms with Crippen LogP contribution in [0.2, 0.25) is 0 Å². The van der Waals surface area contributed by atoms with Gasteiger partial charge in [0.25, 0.3) is 11.8 Å². The molecule has 0 spiro atoms. The fourth-order valence-corrected chi connectivity index (χ4v) is 2.41. The molecule has 0 aromatic heterocycles. The largest absolute Gasteiger partial charge is 0.277 e. The molecule has 2 aromatic rings. The van der Waals surface area contributed by atoms with E-state index < -0.39 is 0 Å². The molecule has 2 aromatic carbocycles. The van der Waals surface area contributed by atoms with Crippen molar-refractivity contribution in [2.45, 2.75) is 6.92 Å². The summed E-state index contributed by atoms with van der Waals surface area (Å²) in [4.78, 5) is 25.1. The highest BCUT2D eigenvalue weighted by molar-refractivity contribution is 6.23. The topological polar surface area (TPSA) is 37.4 Å². The Bertz CT molecular complexity index is 673. The third-order valence-electron chi connectivity index (χ3n) is 3.36. The SMILES string of the molecule is Cc1c2c(cc3ccccc13)C(=O)N(C)C2=O. The van der Waals surface area contributed by atoms with Gasteiger partial charge in [0.05, 0.1) is 11.1 Å². The van der Waals surface area contributed by atoms with Crippen molar-refractivity contribution in [3.63, 3.8) is 0 Å². The summed E-state index contributed by atoms with van der Waals surface area (Å²) < 4.78 is 0. The Balaban J connectivity index is 2.46. The molecule has 84 valence electrons. The summed E-state index contributed by atoms with van der Waals surface area (Å²) >= 11 is 0. The number of amides is 2. The Kier molecular flexibility index (Phi) is 1.87. The summed E-state index contributed by atoms with van der Waals surface area (Å²) in [5.41, 5.74) is 1.96. The maximum atomic E-state index is 12.0. The minimum Gasteiger partial charge on any atom is -0.277 e. The smallest absolute Gasteiger partial charge is 0.261 e. The number of hydrogen-bond donors (Lipinski definition) is 0. The molecule has 1 heterocycles. The van der Waals surface area contributed by atoms with E-state index in [0.717, 1.165) is 16.3 Å². The first kappa shape index (κ1) is 10.0. The molecule has 0 N–H and O–H groups in total. The van der Waals surface area contributed by atoms with Crippen LogP contribution in [0.5, 0.6) is 0 Å². The van der Waals surface area contributed by atoms with Gasteiger partial charge in [-0.25, -0.2) is 0 Å². The number of hydrogen-bond acceptors (Lipinski definition) is 2. The fraction of sp³-hybridized carbons (Fsp3) is 0.143. The van der Waals surface area contributed by atoms with Crippen LogP contribution >= 0.6 is 0 Å². The van der Waals surface area contributed by atoms with E-state index in [9.17, 15) is 9.59 Å². The molecule has 0 unspecified atom stereocenters. The molecule has 0 atom stereocenters. The second-order valence-corrected chi connectivity index (χ2v) is 4.31. The summed E-state index contributed by atoms with van der Waals surface area (Å²) in [5.74, 6) is -0.410. The van der Waals surface area contributed by atoms with E-state index in [-0.39, 0.29) is 11.8 Å². The quantitative estimate of drug-likeness (QED) is 0.645. The zero-order valence-corrected chi connectivity index (χ0v) is 9.65. The average molecular weight is 225 g/mol. The second kappa shape index (κ2) is 3.17. The molecular formula is C14H11NO2. The van der Waals surface area contributed by atoms with E-state index in [2.05, 4.69) is 0 Å². The fourth-order valence-electron chi connectivity index (χ4n) is 2.41. The lowest BCUT2D eigenvalue weighted by Crippen LogP contribution is -2.24. The van der Waals surface area contributed by atoms with E-state index in [1.165, 1.54) is 11.9 Å². The Hall–Kier alpha value is -2.16. The minimum absolute atomic E-state index is 0.201. The third-order valence-corrected chi connectivity index (χ3v) is 3.36. The first-order valence-electron chi connectivity index (χ1n) is 5.46. The van der Waals surface area contributed by atoms with E-state index >= 15 is 0 Å². The molecular weight excluding hydrogens is 214 g/mol. The first-order valence-corrected chi connectivity index (χ1v) is 5.46. The number of fused-ring (bicyclic) bond motifs is 2. The van der Waals surface area contributed by atoms with Crippen LogP contribution in [0.15, 0.2) is 30.3 Å². The number of carbonyl (C=O) groups is 2. The van der Waals surface area contributed by atoms with Crippen molar-refractivity contribution < 1.29 is 9.59 Å². The van der Waals surface area contributed by atoms with E-state index in [4.69, 9.17) is 0 Å². The number of carbonyl (C=O) groups excluding carboxylic acids is 2. The predicted octanol–water partition coefficient (Wildman–Crippen LogP) is 2.37. The molecule has 17 heavy (non-hydrogen) atoms.